The van der Waals surface area contributed by atoms with E-state index in [9.17, 15) is 14.4 Å². The SMILES string of the molecule is COC(=O)c1sc(NC(=O)CNc2ccc(Cl)cc2)c(C(=O)OC)c1C. The molecule has 0 bridgehead atoms. The number of esters is 2. The smallest absolute Gasteiger partial charge is 0.348 e. The number of rotatable bonds is 6. The summed E-state index contributed by atoms with van der Waals surface area (Å²) in [4.78, 5) is 36.3. The number of thiophene rings is 1. The van der Waals surface area contributed by atoms with E-state index in [1.165, 1.54) is 14.2 Å². The molecule has 0 fully saturated rings. The van der Waals surface area contributed by atoms with Crippen LogP contribution in [-0.2, 0) is 14.3 Å². The molecule has 9 heteroatoms. The van der Waals surface area contributed by atoms with Crippen LogP contribution in [-0.4, -0.2) is 38.6 Å². The summed E-state index contributed by atoms with van der Waals surface area (Å²) in [5.74, 6) is -1.62. The van der Waals surface area contributed by atoms with Crippen LogP contribution in [0.1, 0.15) is 25.6 Å². The standard InChI is InChI=1S/C17H17ClN2O5S/c1-9-13(16(22)24-2)15(26-14(9)17(23)25-3)20-12(21)8-19-11-6-4-10(18)5-7-11/h4-7,19H,8H2,1-3H3,(H,20,21). The average molecular weight is 397 g/mol. The zero-order valence-electron chi connectivity index (χ0n) is 14.3. The zero-order chi connectivity index (χ0) is 19.3. The Labute approximate surface area is 159 Å². The number of carbonyl (C=O) groups excluding carboxylic acids is 3. The normalized spacial score (nSPS) is 10.2. The van der Waals surface area contributed by atoms with Crippen molar-refractivity contribution in [2.75, 3.05) is 31.4 Å². The minimum absolute atomic E-state index is 0.0350. The lowest BCUT2D eigenvalue weighted by Crippen LogP contribution is -2.22. The van der Waals surface area contributed by atoms with Gasteiger partial charge in [-0.3, -0.25) is 4.79 Å². The number of anilines is 2. The number of halogens is 1. The summed E-state index contributed by atoms with van der Waals surface area (Å²) in [6.45, 7) is 1.56. The number of nitrogens with one attached hydrogen (secondary N) is 2. The molecule has 0 saturated carbocycles. The predicted molar refractivity (Wildman–Crippen MR) is 100 cm³/mol. The van der Waals surface area contributed by atoms with Crippen LogP contribution in [0, 0.1) is 6.92 Å². The fourth-order valence-electron chi connectivity index (χ4n) is 2.16. The van der Waals surface area contributed by atoms with E-state index in [4.69, 9.17) is 21.1 Å². The number of hydrogen-bond acceptors (Lipinski definition) is 7. The number of methoxy groups -OCH3 is 2. The molecule has 1 amide bonds. The maximum absolute atomic E-state index is 12.2. The molecule has 0 radical (unpaired) electrons. The van der Waals surface area contributed by atoms with Gasteiger partial charge in [0.2, 0.25) is 5.91 Å². The fourth-order valence-corrected chi connectivity index (χ4v) is 3.41. The molecule has 2 N–H and O–H groups in total. The van der Waals surface area contributed by atoms with Crippen molar-refractivity contribution in [2.45, 2.75) is 6.92 Å². The Morgan fingerprint density at radius 1 is 1.08 bits per heavy atom. The molecule has 138 valence electrons. The van der Waals surface area contributed by atoms with E-state index in [2.05, 4.69) is 10.6 Å². The molecule has 0 aliphatic heterocycles. The van der Waals surface area contributed by atoms with Gasteiger partial charge in [-0.05, 0) is 36.8 Å². The second kappa shape index (κ2) is 8.68. The predicted octanol–water partition coefficient (Wildman–Crippen LogP) is 3.33. The molecule has 2 aromatic rings. The highest BCUT2D eigenvalue weighted by atomic mass is 35.5. The Hall–Kier alpha value is -2.58. The zero-order valence-corrected chi connectivity index (χ0v) is 15.9. The second-order valence-corrected chi connectivity index (χ2v) is 6.61. The largest absolute Gasteiger partial charge is 0.465 e. The minimum atomic E-state index is -0.644. The van der Waals surface area contributed by atoms with E-state index < -0.39 is 11.9 Å². The monoisotopic (exact) mass is 396 g/mol. The van der Waals surface area contributed by atoms with E-state index in [0.29, 0.717) is 10.6 Å². The molecular weight excluding hydrogens is 380 g/mol. The van der Waals surface area contributed by atoms with Crippen molar-refractivity contribution in [3.8, 4) is 0 Å². The first kappa shape index (κ1) is 19.7. The molecule has 0 spiro atoms. The quantitative estimate of drug-likeness (QED) is 0.727. The highest BCUT2D eigenvalue weighted by Gasteiger charge is 2.26. The van der Waals surface area contributed by atoms with Crippen molar-refractivity contribution in [3.05, 3.63) is 45.3 Å². The second-order valence-electron chi connectivity index (χ2n) is 5.15. The van der Waals surface area contributed by atoms with Gasteiger partial charge in [-0.25, -0.2) is 9.59 Å². The van der Waals surface area contributed by atoms with Gasteiger partial charge >= 0.3 is 11.9 Å². The molecule has 0 aliphatic carbocycles. The summed E-state index contributed by atoms with van der Waals surface area (Å²) < 4.78 is 9.45. The number of benzene rings is 1. The highest BCUT2D eigenvalue weighted by Crippen LogP contribution is 2.34. The third-order valence-electron chi connectivity index (χ3n) is 3.46. The van der Waals surface area contributed by atoms with Gasteiger partial charge < -0.3 is 20.1 Å². The molecule has 1 aromatic carbocycles. The van der Waals surface area contributed by atoms with E-state index >= 15 is 0 Å². The molecule has 1 heterocycles. The van der Waals surface area contributed by atoms with Crippen LogP contribution in [0.5, 0.6) is 0 Å². The summed E-state index contributed by atoms with van der Waals surface area (Å²) in [5.41, 5.74) is 1.25. The summed E-state index contributed by atoms with van der Waals surface area (Å²) in [6.07, 6.45) is 0. The molecule has 1 aromatic heterocycles. The maximum Gasteiger partial charge on any atom is 0.348 e. The van der Waals surface area contributed by atoms with Crippen molar-refractivity contribution < 1.29 is 23.9 Å². The molecule has 2 rings (SSSR count). The lowest BCUT2D eigenvalue weighted by molar-refractivity contribution is -0.114. The van der Waals surface area contributed by atoms with Crippen molar-refractivity contribution >= 4 is 51.5 Å². The van der Waals surface area contributed by atoms with Crippen molar-refractivity contribution in [1.29, 1.82) is 0 Å². The summed E-state index contributed by atoms with van der Waals surface area (Å²) in [7, 11) is 2.47. The van der Waals surface area contributed by atoms with Gasteiger partial charge in [0.25, 0.3) is 0 Å². The van der Waals surface area contributed by atoms with Crippen LogP contribution >= 0.6 is 22.9 Å². The molecule has 26 heavy (non-hydrogen) atoms. The van der Waals surface area contributed by atoms with Gasteiger partial charge in [0.15, 0.2) is 0 Å². The van der Waals surface area contributed by atoms with Crippen LogP contribution in [0.3, 0.4) is 0 Å². The molecule has 0 atom stereocenters. The van der Waals surface area contributed by atoms with E-state index in [-0.39, 0.29) is 27.9 Å². The van der Waals surface area contributed by atoms with Crippen LogP contribution in [0.25, 0.3) is 0 Å². The molecule has 0 aliphatic rings. The van der Waals surface area contributed by atoms with Crippen LogP contribution in [0.4, 0.5) is 10.7 Å². The van der Waals surface area contributed by atoms with Gasteiger partial charge in [0.1, 0.15) is 9.88 Å². The summed E-state index contributed by atoms with van der Waals surface area (Å²) >= 11 is 6.77. The van der Waals surface area contributed by atoms with Crippen LogP contribution < -0.4 is 10.6 Å². The third-order valence-corrected chi connectivity index (χ3v) is 4.90. The van der Waals surface area contributed by atoms with Crippen molar-refractivity contribution in [3.63, 3.8) is 0 Å². The number of carbonyl (C=O) groups is 3. The molecule has 0 unspecified atom stereocenters. The lowest BCUT2D eigenvalue weighted by Gasteiger charge is -2.08. The van der Waals surface area contributed by atoms with Gasteiger partial charge in [-0.1, -0.05) is 11.6 Å². The summed E-state index contributed by atoms with van der Waals surface area (Å²) in [6, 6.07) is 6.87. The molecule has 0 saturated heterocycles. The van der Waals surface area contributed by atoms with E-state index in [1.54, 1.807) is 31.2 Å². The first-order chi connectivity index (χ1) is 12.4. The van der Waals surface area contributed by atoms with Gasteiger partial charge in [-0.15, -0.1) is 11.3 Å². The van der Waals surface area contributed by atoms with Crippen molar-refractivity contribution in [1.82, 2.24) is 0 Å². The summed E-state index contributed by atoms with van der Waals surface area (Å²) in [5, 5.41) is 6.39. The molecular formula is C17H17ClN2O5S. The Morgan fingerprint density at radius 2 is 1.69 bits per heavy atom. The Kier molecular flexibility index (Phi) is 6.59. The van der Waals surface area contributed by atoms with E-state index in [0.717, 1.165) is 17.0 Å². The fraction of sp³-hybridized carbons (Fsp3) is 0.235. The minimum Gasteiger partial charge on any atom is -0.465 e. The Balaban J connectivity index is 2.16. The van der Waals surface area contributed by atoms with Crippen LogP contribution in [0.15, 0.2) is 24.3 Å². The first-order valence-electron chi connectivity index (χ1n) is 7.46. The number of ether oxygens (including phenoxy) is 2. The Bertz CT molecular complexity index is 832. The lowest BCUT2D eigenvalue weighted by atomic mass is 10.1. The number of amides is 1. The highest BCUT2D eigenvalue weighted by molar-refractivity contribution is 7.18. The average Bonchev–Trinajstić information content (AvgIpc) is 2.96. The van der Waals surface area contributed by atoms with E-state index in [1.807, 2.05) is 0 Å². The third kappa shape index (κ3) is 4.53. The number of hydrogen-bond donors (Lipinski definition) is 2. The van der Waals surface area contributed by atoms with Crippen LogP contribution in [0.2, 0.25) is 5.02 Å². The van der Waals surface area contributed by atoms with Gasteiger partial charge in [0, 0.05) is 10.7 Å². The van der Waals surface area contributed by atoms with Gasteiger partial charge in [0.05, 0.1) is 26.3 Å². The van der Waals surface area contributed by atoms with Gasteiger partial charge in [-0.2, -0.15) is 0 Å². The Morgan fingerprint density at radius 3 is 2.27 bits per heavy atom. The maximum atomic E-state index is 12.2. The molecule has 7 nitrogen and oxygen atoms in total. The van der Waals surface area contributed by atoms with Crippen molar-refractivity contribution in [2.24, 2.45) is 0 Å². The first-order valence-corrected chi connectivity index (χ1v) is 8.66. The topological polar surface area (TPSA) is 93.7 Å².